The summed E-state index contributed by atoms with van der Waals surface area (Å²) >= 11 is 1.87. The lowest BCUT2D eigenvalue weighted by Crippen LogP contribution is -2.48. The van der Waals surface area contributed by atoms with Gasteiger partial charge in [0.25, 0.3) is 0 Å². The predicted molar refractivity (Wildman–Crippen MR) is 99.5 cm³/mol. The van der Waals surface area contributed by atoms with Crippen molar-refractivity contribution in [3.05, 3.63) is 35.9 Å². The summed E-state index contributed by atoms with van der Waals surface area (Å²) in [5.41, 5.74) is 1.37. The molecule has 2 fully saturated rings. The van der Waals surface area contributed by atoms with Crippen molar-refractivity contribution in [1.29, 1.82) is 0 Å². The van der Waals surface area contributed by atoms with Crippen LogP contribution < -0.4 is 5.32 Å². The van der Waals surface area contributed by atoms with Crippen LogP contribution >= 0.6 is 11.8 Å². The van der Waals surface area contributed by atoms with Crippen molar-refractivity contribution in [2.45, 2.75) is 30.4 Å². The Morgan fingerprint density at radius 3 is 2.79 bits per heavy atom. The van der Waals surface area contributed by atoms with Crippen LogP contribution in [-0.4, -0.2) is 54.8 Å². The smallest absolute Gasteiger partial charge is 0.317 e. The maximum absolute atomic E-state index is 12.5. The summed E-state index contributed by atoms with van der Waals surface area (Å²) in [5, 5.41) is 3.18. The molecule has 0 radical (unpaired) electrons. The van der Waals surface area contributed by atoms with E-state index in [2.05, 4.69) is 41.9 Å². The van der Waals surface area contributed by atoms with E-state index in [1.165, 1.54) is 5.56 Å². The summed E-state index contributed by atoms with van der Waals surface area (Å²) < 4.78 is 5.62. The standard InChI is InChI=1S/C19H28N2O2S/c1-24-19(8-11-23-12-9-19)15-20-18(22)21-10-7-17(14-21)13-16-5-3-2-4-6-16/h2-6,17H,7-15H2,1H3,(H,20,22)/t17-/m0/s1. The fraction of sp³-hybridized carbons (Fsp3) is 0.632. The number of benzene rings is 1. The highest BCUT2D eigenvalue weighted by Crippen LogP contribution is 2.33. The molecule has 1 aromatic rings. The molecule has 2 amide bonds. The third-order valence-electron chi connectivity index (χ3n) is 5.34. The van der Waals surface area contributed by atoms with Crippen molar-refractivity contribution >= 4 is 17.8 Å². The van der Waals surface area contributed by atoms with Crippen LogP contribution in [0.3, 0.4) is 0 Å². The highest BCUT2D eigenvalue weighted by atomic mass is 32.2. The van der Waals surface area contributed by atoms with Gasteiger partial charge in [-0.2, -0.15) is 11.8 Å². The molecule has 1 atom stereocenters. The maximum atomic E-state index is 12.5. The molecular weight excluding hydrogens is 320 g/mol. The molecule has 2 aliphatic rings. The first-order valence-electron chi connectivity index (χ1n) is 8.90. The van der Waals surface area contributed by atoms with Gasteiger partial charge in [0.15, 0.2) is 0 Å². The van der Waals surface area contributed by atoms with Crippen LogP contribution in [0.1, 0.15) is 24.8 Å². The SMILES string of the molecule is CSC1(CNC(=O)N2CC[C@@H](Cc3ccccc3)C2)CCOCC1. The van der Waals surface area contributed by atoms with Gasteiger partial charge in [-0.25, -0.2) is 4.79 Å². The largest absolute Gasteiger partial charge is 0.381 e. The summed E-state index contributed by atoms with van der Waals surface area (Å²) in [6.45, 7) is 4.10. The quantitative estimate of drug-likeness (QED) is 0.889. The summed E-state index contributed by atoms with van der Waals surface area (Å²) in [6.07, 6.45) is 6.35. The van der Waals surface area contributed by atoms with Gasteiger partial charge in [-0.05, 0) is 43.4 Å². The zero-order valence-electron chi connectivity index (χ0n) is 14.5. The molecule has 2 aliphatic heterocycles. The summed E-state index contributed by atoms with van der Waals surface area (Å²) in [6, 6.07) is 10.7. The summed E-state index contributed by atoms with van der Waals surface area (Å²) in [4.78, 5) is 14.5. The predicted octanol–water partition coefficient (Wildman–Crippen LogP) is 3.17. The Hall–Kier alpha value is -1.20. The number of ether oxygens (including phenoxy) is 1. The van der Waals surface area contributed by atoms with Crippen LogP contribution in [0.2, 0.25) is 0 Å². The Balaban J connectivity index is 1.46. The first-order valence-corrected chi connectivity index (χ1v) is 10.1. The van der Waals surface area contributed by atoms with E-state index in [0.29, 0.717) is 5.92 Å². The topological polar surface area (TPSA) is 41.6 Å². The molecule has 2 heterocycles. The summed E-state index contributed by atoms with van der Waals surface area (Å²) in [7, 11) is 0. The molecule has 1 N–H and O–H groups in total. The highest BCUT2D eigenvalue weighted by molar-refractivity contribution is 8.00. The zero-order valence-corrected chi connectivity index (χ0v) is 15.3. The van der Waals surface area contributed by atoms with E-state index in [1.807, 2.05) is 16.7 Å². The van der Waals surface area contributed by atoms with E-state index in [1.54, 1.807) is 0 Å². The molecule has 5 heteroatoms. The van der Waals surface area contributed by atoms with E-state index in [4.69, 9.17) is 4.74 Å². The highest BCUT2D eigenvalue weighted by Gasteiger charge is 2.33. The van der Waals surface area contributed by atoms with E-state index < -0.39 is 0 Å². The lowest BCUT2D eigenvalue weighted by molar-refractivity contribution is 0.0773. The van der Waals surface area contributed by atoms with Crippen molar-refractivity contribution in [2.75, 3.05) is 39.1 Å². The van der Waals surface area contributed by atoms with Crippen LogP contribution in [0, 0.1) is 5.92 Å². The molecule has 2 saturated heterocycles. The van der Waals surface area contributed by atoms with E-state index in [9.17, 15) is 4.79 Å². The van der Waals surface area contributed by atoms with Crippen LogP contribution in [0.5, 0.6) is 0 Å². The molecule has 0 spiro atoms. The second kappa shape index (κ2) is 8.26. The average Bonchev–Trinajstić information content (AvgIpc) is 3.10. The van der Waals surface area contributed by atoms with E-state index in [-0.39, 0.29) is 10.8 Å². The minimum atomic E-state index is 0.102. The van der Waals surface area contributed by atoms with Crippen LogP contribution in [0.15, 0.2) is 30.3 Å². The van der Waals surface area contributed by atoms with Gasteiger partial charge in [0, 0.05) is 37.6 Å². The van der Waals surface area contributed by atoms with Crippen LogP contribution in [0.4, 0.5) is 4.79 Å². The third kappa shape index (κ3) is 4.45. The fourth-order valence-electron chi connectivity index (χ4n) is 3.68. The Morgan fingerprint density at radius 1 is 1.33 bits per heavy atom. The second-order valence-electron chi connectivity index (χ2n) is 6.95. The zero-order chi connectivity index (χ0) is 16.8. The molecule has 0 aliphatic carbocycles. The van der Waals surface area contributed by atoms with Gasteiger partial charge in [-0.1, -0.05) is 30.3 Å². The van der Waals surface area contributed by atoms with Crippen molar-refractivity contribution < 1.29 is 9.53 Å². The van der Waals surface area contributed by atoms with E-state index in [0.717, 1.165) is 58.5 Å². The first kappa shape index (κ1) is 17.6. The molecule has 132 valence electrons. The number of hydrogen-bond acceptors (Lipinski definition) is 3. The monoisotopic (exact) mass is 348 g/mol. The fourth-order valence-corrected chi connectivity index (χ4v) is 4.47. The lowest BCUT2D eigenvalue weighted by Gasteiger charge is -2.36. The molecule has 0 saturated carbocycles. The number of nitrogens with one attached hydrogen (secondary N) is 1. The number of likely N-dealkylation sites (tertiary alicyclic amines) is 1. The lowest BCUT2D eigenvalue weighted by atomic mass is 9.99. The molecule has 0 unspecified atom stereocenters. The second-order valence-corrected chi connectivity index (χ2v) is 8.22. The van der Waals surface area contributed by atoms with Crippen molar-refractivity contribution in [3.8, 4) is 0 Å². The van der Waals surface area contributed by atoms with Gasteiger partial charge in [0.2, 0.25) is 0 Å². The number of urea groups is 1. The average molecular weight is 349 g/mol. The number of nitrogens with zero attached hydrogens (tertiary/aromatic N) is 1. The number of thioether (sulfide) groups is 1. The molecule has 0 aromatic heterocycles. The third-order valence-corrected chi connectivity index (χ3v) is 6.76. The molecular formula is C19H28N2O2S. The molecule has 0 bridgehead atoms. The molecule has 1 aromatic carbocycles. The first-order chi connectivity index (χ1) is 11.7. The van der Waals surface area contributed by atoms with Gasteiger partial charge in [0.1, 0.15) is 0 Å². The van der Waals surface area contributed by atoms with Crippen molar-refractivity contribution in [2.24, 2.45) is 5.92 Å². The maximum Gasteiger partial charge on any atom is 0.317 e. The minimum absolute atomic E-state index is 0.102. The minimum Gasteiger partial charge on any atom is -0.381 e. The number of carbonyl (C=O) groups is 1. The van der Waals surface area contributed by atoms with Gasteiger partial charge in [-0.15, -0.1) is 0 Å². The van der Waals surface area contributed by atoms with Crippen molar-refractivity contribution in [3.63, 3.8) is 0 Å². The Kier molecular flexibility index (Phi) is 6.06. The molecule has 3 rings (SSSR count). The van der Waals surface area contributed by atoms with Crippen LogP contribution in [0.25, 0.3) is 0 Å². The number of amides is 2. The Labute approximate surface area is 149 Å². The number of hydrogen-bond donors (Lipinski definition) is 1. The Bertz CT molecular complexity index is 531. The Morgan fingerprint density at radius 2 is 2.08 bits per heavy atom. The van der Waals surface area contributed by atoms with E-state index >= 15 is 0 Å². The van der Waals surface area contributed by atoms with Crippen molar-refractivity contribution in [1.82, 2.24) is 10.2 Å². The van der Waals surface area contributed by atoms with Gasteiger partial charge in [0.05, 0.1) is 0 Å². The van der Waals surface area contributed by atoms with Gasteiger partial charge < -0.3 is 15.0 Å². The van der Waals surface area contributed by atoms with Gasteiger partial charge >= 0.3 is 6.03 Å². The van der Waals surface area contributed by atoms with Gasteiger partial charge in [-0.3, -0.25) is 0 Å². The molecule has 4 nitrogen and oxygen atoms in total. The van der Waals surface area contributed by atoms with Crippen LogP contribution in [-0.2, 0) is 11.2 Å². The normalized spacial score (nSPS) is 23.2. The number of carbonyl (C=O) groups excluding carboxylic acids is 1. The summed E-state index contributed by atoms with van der Waals surface area (Å²) in [5.74, 6) is 0.579. The number of rotatable bonds is 5. The molecule has 24 heavy (non-hydrogen) atoms.